The van der Waals surface area contributed by atoms with Crippen LogP contribution in [0.5, 0.6) is 5.75 Å². The van der Waals surface area contributed by atoms with Crippen molar-refractivity contribution in [3.05, 3.63) is 30.0 Å². The molecule has 3 saturated heterocycles. The summed E-state index contributed by atoms with van der Waals surface area (Å²) in [5.41, 5.74) is 1.57. The fraction of sp³-hybridized carbons (Fsp3) is 0.679. The first-order valence-electron chi connectivity index (χ1n) is 13.8. The molecule has 1 unspecified atom stereocenters. The molecule has 3 N–H and O–H groups in total. The Morgan fingerprint density at radius 2 is 1.83 bits per heavy atom. The molecule has 7 heteroatoms. The number of carbonyl (C=O) groups is 1. The average Bonchev–Trinajstić information content (AvgIpc) is 3.37. The Labute approximate surface area is 208 Å². The number of ether oxygens (including phenoxy) is 1. The van der Waals surface area contributed by atoms with Crippen LogP contribution in [0.15, 0.2) is 24.3 Å². The number of aromatic nitrogens is 1. The van der Waals surface area contributed by atoms with Gasteiger partial charge in [-0.25, -0.2) is 0 Å². The van der Waals surface area contributed by atoms with E-state index in [0.29, 0.717) is 23.7 Å². The van der Waals surface area contributed by atoms with Crippen LogP contribution in [0.25, 0.3) is 10.9 Å². The Balaban J connectivity index is 0.982. The molecule has 7 nitrogen and oxygen atoms in total. The van der Waals surface area contributed by atoms with Crippen LogP contribution in [-0.2, 0) is 0 Å². The van der Waals surface area contributed by atoms with Crippen LogP contribution in [0.3, 0.4) is 0 Å². The highest BCUT2D eigenvalue weighted by molar-refractivity contribution is 5.99. The van der Waals surface area contributed by atoms with Gasteiger partial charge in [-0.05, 0) is 75.5 Å². The summed E-state index contributed by atoms with van der Waals surface area (Å²) < 4.78 is 6.09. The molecular formula is C28H40N4O3. The van der Waals surface area contributed by atoms with Crippen LogP contribution >= 0.6 is 0 Å². The minimum atomic E-state index is -0.0909. The molecule has 1 aromatic heterocycles. The number of nitrogens with zero attached hydrogens (tertiary/aromatic N) is 2. The highest BCUT2D eigenvalue weighted by Crippen LogP contribution is 2.35. The predicted molar refractivity (Wildman–Crippen MR) is 137 cm³/mol. The monoisotopic (exact) mass is 480 g/mol. The zero-order valence-corrected chi connectivity index (χ0v) is 20.8. The van der Waals surface area contributed by atoms with E-state index >= 15 is 0 Å². The third-order valence-corrected chi connectivity index (χ3v) is 9.02. The number of piperidine rings is 2. The number of aliphatic hydroxyl groups excluding tert-OH is 1. The summed E-state index contributed by atoms with van der Waals surface area (Å²) in [6.07, 6.45) is 10.1. The number of benzene rings is 1. The SMILES string of the molecule is O=C(NC1CCN(CCN2[C@@H]3CC[C@H]2CC(O)C3)CC1)c1cc2c(OCC3CCC3)cccc2[nH]1. The van der Waals surface area contributed by atoms with Crippen molar-refractivity contribution in [1.29, 1.82) is 0 Å². The maximum absolute atomic E-state index is 13.0. The summed E-state index contributed by atoms with van der Waals surface area (Å²) in [6.45, 7) is 5.03. The highest BCUT2D eigenvalue weighted by atomic mass is 16.5. The lowest BCUT2D eigenvalue weighted by molar-refractivity contribution is 0.0284. The van der Waals surface area contributed by atoms with E-state index in [-0.39, 0.29) is 18.1 Å². The predicted octanol–water partition coefficient (Wildman–Crippen LogP) is 3.53. The van der Waals surface area contributed by atoms with E-state index in [0.717, 1.165) is 75.1 Å². The molecule has 4 heterocycles. The lowest BCUT2D eigenvalue weighted by Crippen LogP contribution is -2.50. The van der Waals surface area contributed by atoms with Crippen molar-refractivity contribution >= 4 is 16.8 Å². The second-order valence-electron chi connectivity index (χ2n) is 11.3. The van der Waals surface area contributed by atoms with Gasteiger partial charge < -0.3 is 25.0 Å². The maximum Gasteiger partial charge on any atom is 0.267 e. The van der Waals surface area contributed by atoms with Crippen LogP contribution in [0.1, 0.15) is 68.3 Å². The second-order valence-corrected chi connectivity index (χ2v) is 11.3. The molecule has 0 spiro atoms. The van der Waals surface area contributed by atoms with Crippen molar-refractivity contribution in [2.75, 3.05) is 32.8 Å². The number of hydrogen-bond acceptors (Lipinski definition) is 5. The van der Waals surface area contributed by atoms with Gasteiger partial charge in [-0.15, -0.1) is 0 Å². The first kappa shape index (κ1) is 23.3. The van der Waals surface area contributed by atoms with E-state index in [1.165, 1.54) is 32.1 Å². The van der Waals surface area contributed by atoms with Crippen molar-refractivity contribution < 1.29 is 14.6 Å². The van der Waals surface area contributed by atoms with Gasteiger partial charge in [-0.3, -0.25) is 9.69 Å². The Bertz CT molecular complexity index is 1010. The van der Waals surface area contributed by atoms with Crippen molar-refractivity contribution in [2.45, 2.75) is 82.0 Å². The molecule has 1 aromatic carbocycles. The molecule has 4 aliphatic rings. The highest BCUT2D eigenvalue weighted by Gasteiger charge is 2.40. The lowest BCUT2D eigenvalue weighted by Gasteiger charge is -2.39. The summed E-state index contributed by atoms with van der Waals surface area (Å²) in [5, 5.41) is 14.3. The normalized spacial score (nSPS) is 28.3. The van der Waals surface area contributed by atoms with Gasteiger partial charge in [0.15, 0.2) is 0 Å². The largest absolute Gasteiger partial charge is 0.493 e. The number of nitrogens with one attached hydrogen (secondary N) is 2. The molecule has 1 amide bonds. The summed E-state index contributed by atoms with van der Waals surface area (Å²) in [6, 6.07) is 9.34. The molecule has 3 aliphatic heterocycles. The number of aliphatic hydroxyl groups is 1. The maximum atomic E-state index is 13.0. The van der Waals surface area contributed by atoms with Crippen LogP contribution in [-0.4, -0.2) is 82.8 Å². The summed E-state index contributed by atoms with van der Waals surface area (Å²) in [5.74, 6) is 1.53. The number of H-pyrrole nitrogens is 1. The molecule has 2 bridgehead atoms. The summed E-state index contributed by atoms with van der Waals surface area (Å²) >= 11 is 0. The van der Waals surface area contributed by atoms with Gasteiger partial charge in [0.25, 0.3) is 5.91 Å². The van der Waals surface area contributed by atoms with Gasteiger partial charge in [0.2, 0.25) is 0 Å². The molecule has 1 aliphatic carbocycles. The van der Waals surface area contributed by atoms with Gasteiger partial charge >= 0.3 is 0 Å². The Morgan fingerprint density at radius 3 is 2.54 bits per heavy atom. The Hall–Kier alpha value is -2.09. The van der Waals surface area contributed by atoms with Crippen LogP contribution in [0.4, 0.5) is 0 Å². The van der Waals surface area contributed by atoms with E-state index in [4.69, 9.17) is 4.74 Å². The number of hydrogen-bond donors (Lipinski definition) is 3. The van der Waals surface area contributed by atoms with Crippen LogP contribution in [0.2, 0.25) is 0 Å². The van der Waals surface area contributed by atoms with Crippen molar-refractivity contribution in [3.63, 3.8) is 0 Å². The Kier molecular flexibility index (Phi) is 6.74. The van der Waals surface area contributed by atoms with Gasteiger partial charge in [0.1, 0.15) is 11.4 Å². The standard InChI is InChI=1S/C28H40N4O3/c33-23-15-21-7-8-22(16-23)32(21)14-13-31-11-9-20(10-12-31)29-28(34)26-17-24-25(30-26)5-2-6-27(24)35-18-19-3-1-4-19/h2,5-6,17,19-23,30,33H,1,3-4,7-16,18H2,(H,29,34)/t21-,22+,23?. The molecule has 3 atom stereocenters. The average molecular weight is 481 g/mol. The van der Waals surface area contributed by atoms with Crippen LogP contribution < -0.4 is 10.1 Å². The zero-order valence-electron chi connectivity index (χ0n) is 20.8. The minimum Gasteiger partial charge on any atom is -0.493 e. The topological polar surface area (TPSA) is 80.8 Å². The summed E-state index contributed by atoms with van der Waals surface area (Å²) in [4.78, 5) is 21.5. The van der Waals surface area contributed by atoms with Crippen molar-refractivity contribution in [3.8, 4) is 5.75 Å². The number of fused-ring (bicyclic) bond motifs is 3. The smallest absolute Gasteiger partial charge is 0.267 e. The number of aromatic amines is 1. The molecule has 6 rings (SSSR count). The third kappa shape index (κ3) is 5.09. The number of rotatable bonds is 8. The fourth-order valence-corrected chi connectivity index (χ4v) is 6.67. The van der Waals surface area contributed by atoms with Gasteiger partial charge in [-0.1, -0.05) is 12.5 Å². The first-order valence-corrected chi connectivity index (χ1v) is 13.8. The number of carbonyl (C=O) groups excluding carboxylic acids is 1. The van der Waals surface area contributed by atoms with Gasteiger partial charge in [0.05, 0.1) is 12.7 Å². The van der Waals surface area contributed by atoms with E-state index in [2.05, 4.69) is 20.1 Å². The molecule has 35 heavy (non-hydrogen) atoms. The van der Waals surface area contributed by atoms with E-state index in [1.54, 1.807) is 0 Å². The molecule has 0 radical (unpaired) electrons. The fourth-order valence-electron chi connectivity index (χ4n) is 6.67. The molecule has 2 aromatic rings. The van der Waals surface area contributed by atoms with E-state index in [9.17, 15) is 9.90 Å². The van der Waals surface area contributed by atoms with Crippen molar-refractivity contribution in [2.24, 2.45) is 5.92 Å². The quantitative estimate of drug-likeness (QED) is 0.539. The zero-order chi connectivity index (χ0) is 23.8. The lowest BCUT2D eigenvalue weighted by atomic mass is 9.86. The number of likely N-dealkylation sites (tertiary alicyclic amines) is 1. The van der Waals surface area contributed by atoms with Crippen LogP contribution in [0, 0.1) is 5.92 Å². The van der Waals surface area contributed by atoms with Gasteiger partial charge in [0, 0.05) is 55.2 Å². The first-order chi connectivity index (χ1) is 17.1. The molecule has 1 saturated carbocycles. The summed E-state index contributed by atoms with van der Waals surface area (Å²) in [7, 11) is 0. The number of amides is 1. The van der Waals surface area contributed by atoms with Crippen molar-refractivity contribution in [1.82, 2.24) is 20.1 Å². The molecule has 4 fully saturated rings. The minimum absolute atomic E-state index is 0.0203. The molecular weight excluding hydrogens is 440 g/mol. The Morgan fingerprint density at radius 1 is 1.06 bits per heavy atom. The van der Waals surface area contributed by atoms with Gasteiger partial charge in [-0.2, -0.15) is 0 Å². The second kappa shape index (κ2) is 10.1. The van der Waals surface area contributed by atoms with E-state index < -0.39 is 0 Å². The third-order valence-electron chi connectivity index (χ3n) is 9.02. The molecule has 190 valence electrons. The van der Waals surface area contributed by atoms with E-state index in [1.807, 2.05) is 24.3 Å².